The molecule has 30 heavy (non-hydrogen) atoms. The molecule has 1 N–H and O–H groups in total. The summed E-state index contributed by atoms with van der Waals surface area (Å²) in [6, 6.07) is 16.1. The van der Waals surface area contributed by atoms with Gasteiger partial charge in [0.05, 0.1) is 17.1 Å². The molecule has 0 spiro atoms. The van der Waals surface area contributed by atoms with Crippen molar-refractivity contribution in [2.45, 2.75) is 30.7 Å². The minimum Gasteiger partial charge on any atom is -0.445 e. The van der Waals surface area contributed by atoms with Gasteiger partial charge in [0.25, 0.3) is 5.91 Å². The molecule has 2 aromatic carbocycles. The van der Waals surface area contributed by atoms with Crippen molar-refractivity contribution in [2.75, 3.05) is 13.6 Å². The summed E-state index contributed by atoms with van der Waals surface area (Å²) in [6.07, 6.45) is 1.98. The first-order valence-electron chi connectivity index (χ1n) is 9.81. The van der Waals surface area contributed by atoms with E-state index in [1.165, 1.54) is 41.2 Å². The standard InChI is InChI=1S/C22H23N3O4S/c1-23-22(26)17-8-10-18(11-9-17)30(27,28)25-14-13-20-19(15-25)24-21(29-20)12-7-16-5-3-2-4-6-16/h2-6,8-11H,7,12-15H2,1H3,(H,23,26). The zero-order valence-electron chi connectivity index (χ0n) is 16.7. The zero-order valence-corrected chi connectivity index (χ0v) is 17.5. The SMILES string of the molecule is CNC(=O)c1ccc(S(=O)(=O)N2CCc3oc(CCc4ccccc4)nc3C2)cc1. The molecule has 1 aromatic heterocycles. The van der Waals surface area contributed by atoms with E-state index in [1.807, 2.05) is 18.2 Å². The van der Waals surface area contributed by atoms with Gasteiger partial charge in [0, 0.05) is 32.0 Å². The lowest BCUT2D eigenvalue weighted by Crippen LogP contribution is -2.35. The molecular formula is C22H23N3O4S. The Hall–Kier alpha value is -2.97. The summed E-state index contributed by atoms with van der Waals surface area (Å²) < 4.78 is 33.3. The van der Waals surface area contributed by atoms with Gasteiger partial charge in [0.15, 0.2) is 5.89 Å². The van der Waals surface area contributed by atoms with Gasteiger partial charge in [-0.2, -0.15) is 4.31 Å². The van der Waals surface area contributed by atoms with Crippen LogP contribution in [0, 0.1) is 0 Å². The maximum Gasteiger partial charge on any atom is 0.251 e. The van der Waals surface area contributed by atoms with Crippen molar-refractivity contribution in [1.82, 2.24) is 14.6 Å². The van der Waals surface area contributed by atoms with Crippen LogP contribution in [0.25, 0.3) is 0 Å². The van der Waals surface area contributed by atoms with E-state index in [0.29, 0.717) is 36.5 Å². The summed E-state index contributed by atoms with van der Waals surface area (Å²) in [4.78, 5) is 16.4. The highest BCUT2D eigenvalue weighted by molar-refractivity contribution is 7.89. The van der Waals surface area contributed by atoms with Crippen LogP contribution in [0.4, 0.5) is 0 Å². The van der Waals surface area contributed by atoms with Gasteiger partial charge in [-0.15, -0.1) is 0 Å². The number of carbonyl (C=O) groups is 1. The Labute approximate surface area is 175 Å². The van der Waals surface area contributed by atoms with Crippen molar-refractivity contribution in [2.24, 2.45) is 0 Å². The van der Waals surface area contributed by atoms with Gasteiger partial charge in [-0.3, -0.25) is 4.79 Å². The van der Waals surface area contributed by atoms with Crippen LogP contribution < -0.4 is 5.32 Å². The molecule has 8 heteroatoms. The third-order valence-corrected chi connectivity index (χ3v) is 7.05. The Bertz CT molecular complexity index is 1140. The number of benzene rings is 2. The van der Waals surface area contributed by atoms with Gasteiger partial charge in [-0.05, 0) is 36.2 Å². The number of fused-ring (bicyclic) bond motifs is 1. The van der Waals surface area contributed by atoms with E-state index < -0.39 is 10.0 Å². The van der Waals surface area contributed by atoms with Crippen LogP contribution in [-0.4, -0.2) is 37.2 Å². The van der Waals surface area contributed by atoms with E-state index in [0.717, 1.165) is 12.2 Å². The van der Waals surface area contributed by atoms with Crippen molar-refractivity contribution in [3.05, 3.63) is 83.1 Å². The van der Waals surface area contributed by atoms with Gasteiger partial charge < -0.3 is 9.73 Å². The molecular weight excluding hydrogens is 402 g/mol. The van der Waals surface area contributed by atoms with E-state index >= 15 is 0 Å². The molecule has 0 saturated heterocycles. The van der Waals surface area contributed by atoms with Gasteiger partial charge in [0.2, 0.25) is 10.0 Å². The smallest absolute Gasteiger partial charge is 0.251 e. The van der Waals surface area contributed by atoms with Gasteiger partial charge >= 0.3 is 0 Å². The van der Waals surface area contributed by atoms with Crippen LogP contribution in [0.1, 0.15) is 33.3 Å². The first-order chi connectivity index (χ1) is 14.5. The lowest BCUT2D eigenvalue weighted by Gasteiger charge is -2.24. The third kappa shape index (κ3) is 4.15. The molecule has 3 aromatic rings. The third-order valence-electron chi connectivity index (χ3n) is 5.19. The number of carbonyl (C=O) groups excluding carboxylic acids is 1. The number of oxazole rings is 1. The van der Waals surface area contributed by atoms with Crippen molar-refractivity contribution < 1.29 is 17.6 Å². The lowest BCUT2D eigenvalue weighted by atomic mass is 10.1. The number of aryl methyl sites for hydroxylation is 2. The fraction of sp³-hybridized carbons (Fsp3) is 0.273. The highest BCUT2D eigenvalue weighted by Crippen LogP contribution is 2.26. The highest BCUT2D eigenvalue weighted by atomic mass is 32.2. The number of sulfonamides is 1. The topological polar surface area (TPSA) is 92.5 Å². The summed E-state index contributed by atoms with van der Waals surface area (Å²) in [5.41, 5.74) is 2.30. The number of rotatable bonds is 6. The summed E-state index contributed by atoms with van der Waals surface area (Å²) in [7, 11) is -2.15. The normalized spacial score (nSPS) is 14.3. The van der Waals surface area contributed by atoms with Crippen LogP contribution >= 0.6 is 0 Å². The van der Waals surface area contributed by atoms with Crippen molar-refractivity contribution >= 4 is 15.9 Å². The number of nitrogens with one attached hydrogen (secondary N) is 1. The molecule has 0 bridgehead atoms. The molecule has 1 amide bonds. The number of nitrogens with zero attached hydrogens (tertiary/aromatic N) is 2. The summed E-state index contributed by atoms with van der Waals surface area (Å²) >= 11 is 0. The molecule has 7 nitrogen and oxygen atoms in total. The monoisotopic (exact) mass is 425 g/mol. The first-order valence-corrected chi connectivity index (χ1v) is 11.2. The molecule has 0 fully saturated rings. The molecule has 0 atom stereocenters. The number of amides is 1. The van der Waals surface area contributed by atoms with Crippen molar-refractivity contribution in [3.63, 3.8) is 0 Å². The van der Waals surface area contributed by atoms with Crippen molar-refractivity contribution in [3.8, 4) is 0 Å². The molecule has 1 aliphatic heterocycles. The molecule has 0 saturated carbocycles. The van der Waals surface area contributed by atoms with Crippen LogP contribution in [-0.2, 0) is 35.8 Å². The summed E-state index contributed by atoms with van der Waals surface area (Å²) in [5.74, 6) is 1.14. The highest BCUT2D eigenvalue weighted by Gasteiger charge is 2.31. The second kappa shape index (κ2) is 8.41. The van der Waals surface area contributed by atoms with Gasteiger partial charge in [-0.1, -0.05) is 30.3 Å². The van der Waals surface area contributed by atoms with E-state index in [9.17, 15) is 13.2 Å². The largest absolute Gasteiger partial charge is 0.445 e. The van der Waals surface area contributed by atoms with Crippen LogP contribution in [0.5, 0.6) is 0 Å². The van der Waals surface area contributed by atoms with E-state index in [1.54, 1.807) is 0 Å². The fourth-order valence-electron chi connectivity index (χ4n) is 3.51. The quantitative estimate of drug-likeness (QED) is 0.655. The van der Waals surface area contributed by atoms with E-state index in [4.69, 9.17) is 4.42 Å². The predicted molar refractivity (Wildman–Crippen MR) is 111 cm³/mol. The minimum absolute atomic E-state index is 0.159. The fourth-order valence-corrected chi connectivity index (χ4v) is 4.91. The second-order valence-electron chi connectivity index (χ2n) is 7.16. The molecule has 0 radical (unpaired) electrons. The minimum atomic E-state index is -3.68. The van der Waals surface area contributed by atoms with Gasteiger partial charge in [-0.25, -0.2) is 13.4 Å². The summed E-state index contributed by atoms with van der Waals surface area (Å²) in [5, 5.41) is 2.52. The average molecular weight is 426 g/mol. The first kappa shape index (κ1) is 20.3. The predicted octanol–water partition coefficient (Wildman–Crippen LogP) is 2.57. The number of hydrogen-bond donors (Lipinski definition) is 1. The van der Waals surface area contributed by atoms with Crippen LogP contribution in [0.15, 0.2) is 63.9 Å². The Morgan fingerprint density at radius 2 is 1.83 bits per heavy atom. The maximum absolute atomic E-state index is 13.0. The maximum atomic E-state index is 13.0. The number of aromatic nitrogens is 1. The Morgan fingerprint density at radius 3 is 2.53 bits per heavy atom. The second-order valence-corrected chi connectivity index (χ2v) is 9.09. The molecule has 156 valence electrons. The van der Waals surface area contributed by atoms with Crippen LogP contribution in [0.2, 0.25) is 0 Å². The molecule has 2 heterocycles. The van der Waals surface area contributed by atoms with E-state index in [2.05, 4.69) is 22.4 Å². The average Bonchev–Trinajstić information content (AvgIpc) is 3.20. The summed E-state index contributed by atoms with van der Waals surface area (Å²) in [6.45, 7) is 0.517. The van der Waals surface area contributed by atoms with Crippen molar-refractivity contribution in [1.29, 1.82) is 0 Å². The van der Waals surface area contributed by atoms with E-state index in [-0.39, 0.29) is 17.3 Å². The Balaban J connectivity index is 1.46. The zero-order chi connectivity index (χ0) is 21.1. The Morgan fingerprint density at radius 1 is 1.10 bits per heavy atom. The molecule has 0 unspecified atom stereocenters. The Kier molecular flexibility index (Phi) is 5.69. The molecule has 4 rings (SSSR count). The molecule has 0 aliphatic carbocycles. The van der Waals surface area contributed by atoms with Gasteiger partial charge in [0.1, 0.15) is 5.76 Å². The lowest BCUT2D eigenvalue weighted by molar-refractivity contribution is 0.0963. The number of hydrogen-bond acceptors (Lipinski definition) is 5. The molecule has 1 aliphatic rings. The van der Waals surface area contributed by atoms with Crippen LogP contribution in [0.3, 0.4) is 0 Å².